The summed E-state index contributed by atoms with van der Waals surface area (Å²) in [7, 11) is 0. The minimum Gasteiger partial charge on any atom is -0.390 e. The molecule has 0 amide bonds. The van der Waals surface area contributed by atoms with E-state index in [0.717, 1.165) is 12.2 Å². The number of anilines is 2. The molecular formula is C10H15F2N3O. The number of nitrogens with one attached hydrogen (secondary N) is 2. The van der Waals surface area contributed by atoms with Crippen LogP contribution in [0, 0.1) is 0 Å². The highest BCUT2D eigenvalue weighted by atomic mass is 19.3. The Balaban J connectivity index is 2.57. The van der Waals surface area contributed by atoms with Crippen LogP contribution in [0.25, 0.3) is 0 Å². The zero-order valence-electron chi connectivity index (χ0n) is 9.00. The van der Waals surface area contributed by atoms with Gasteiger partial charge in [-0.1, -0.05) is 0 Å². The largest absolute Gasteiger partial charge is 0.390 e. The lowest BCUT2D eigenvalue weighted by Crippen LogP contribution is -2.31. The fraction of sp³-hybridized carbons (Fsp3) is 0.500. The summed E-state index contributed by atoms with van der Waals surface area (Å²) in [5, 5.41) is 13.9. The Bertz CT molecular complexity index is 334. The maximum atomic E-state index is 12.7. The van der Waals surface area contributed by atoms with Crippen LogP contribution in [0.15, 0.2) is 18.5 Å². The summed E-state index contributed by atoms with van der Waals surface area (Å²) >= 11 is 0. The number of alkyl halides is 2. The number of aliphatic hydroxyl groups is 1. The van der Waals surface area contributed by atoms with Crippen molar-refractivity contribution in [1.82, 2.24) is 4.98 Å². The highest BCUT2D eigenvalue weighted by Crippen LogP contribution is 2.16. The monoisotopic (exact) mass is 231 g/mol. The van der Waals surface area contributed by atoms with Crippen LogP contribution in [0.4, 0.5) is 20.2 Å². The van der Waals surface area contributed by atoms with Gasteiger partial charge in [0.2, 0.25) is 0 Å². The van der Waals surface area contributed by atoms with Gasteiger partial charge in [-0.3, -0.25) is 4.98 Å². The summed E-state index contributed by atoms with van der Waals surface area (Å²) in [6.45, 7) is 0.888. The zero-order valence-corrected chi connectivity index (χ0v) is 9.00. The van der Waals surface area contributed by atoms with Crippen molar-refractivity contribution < 1.29 is 13.9 Å². The molecule has 1 rings (SSSR count). The van der Waals surface area contributed by atoms with Gasteiger partial charge in [-0.25, -0.2) is 8.78 Å². The number of hydrogen-bond acceptors (Lipinski definition) is 4. The quantitative estimate of drug-likeness (QED) is 0.695. The molecule has 16 heavy (non-hydrogen) atoms. The zero-order chi connectivity index (χ0) is 12.0. The fourth-order valence-corrected chi connectivity index (χ4v) is 1.12. The molecule has 1 aromatic heterocycles. The molecule has 0 aliphatic carbocycles. The molecule has 1 heterocycles. The van der Waals surface area contributed by atoms with Crippen LogP contribution in [0.2, 0.25) is 0 Å². The first-order valence-corrected chi connectivity index (χ1v) is 4.99. The van der Waals surface area contributed by atoms with Crippen LogP contribution in [0.1, 0.15) is 6.92 Å². The summed E-state index contributed by atoms with van der Waals surface area (Å²) in [4.78, 5) is 3.90. The van der Waals surface area contributed by atoms with E-state index in [1.807, 2.05) is 6.92 Å². The molecule has 0 fully saturated rings. The standard InChI is InChI=1S/C10H15F2N3O/c1-2-14-8-3-9(5-13-4-8)15-6-10(11,12)7-16/h3-5,14-16H,2,6-7H2,1H3. The molecule has 6 heteroatoms. The summed E-state index contributed by atoms with van der Waals surface area (Å²) in [6.07, 6.45) is 3.06. The number of nitrogens with zero attached hydrogens (tertiary/aromatic N) is 1. The maximum absolute atomic E-state index is 12.7. The number of pyridine rings is 1. The van der Waals surface area contributed by atoms with Crippen molar-refractivity contribution in [3.63, 3.8) is 0 Å². The topological polar surface area (TPSA) is 57.2 Å². The van der Waals surface area contributed by atoms with E-state index in [1.165, 1.54) is 6.20 Å². The average molecular weight is 231 g/mol. The van der Waals surface area contributed by atoms with E-state index in [2.05, 4.69) is 15.6 Å². The minimum atomic E-state index is -3.12. The maximum Gasteiger partial charge on any atom is 0.287 e. The molecule has 0 aliphatic rings. The molecule has 90 valence electrons. The van der Waals surface area contributed by atoms with Crippen molar-refractivity contribution >= 4 is 11.4 Å². The van der Waals surface area contributed by atoms with Gasteiger partial charge < -0.3 is 15.7 Å². The second kappa shape index (κ2) is 5.60. The van der Waals surface area contributed by atoms with Crippen LogP contribution in [-0.4, -0.2) is 35.7 Å². The molecule has 0 aromatic carbocycles. The summed E-state index contributed by atoms with van der Waals surface area (Å²) in [5.74, 6) is -3.12. The molecule has 0 aliphatic heterocycles. The van der Waals surface area contributed by atoms with Gasteiger partial charge in [0.25, 0.3) is 5.92 Å². The normalized spacial score (nSPS) is 11.2. The van der Waals surface area contributed by atoms with E-state index in [9.17, 15) is 8.78 Å². The third-order valence-corrected chi connectivity index (χ3v) is 1.90. The van der Waals surface area contributed by atoms with Crippen LogP contribution in [-0.2, 0) is 0 Å². The lowest BCUT2D eigenvalue weighted by Gasteiger charge is -2.15. The Morgan fingerprint density at radius 1 is 1.31 bits per heavy atom. The molecule has 4 nitrogen and oxygen atoms in total. The van der Waals surface area contributed by atoms with Crippen molar-refractivity contribution in [1.29, 1.82) is 0 Å². The van der Waals surface area contributed by atoms with E-state index in [0.29, 0.717) is 5.69 Å². The molecule has 0 radical (unpaired) electrons. The number of hydrogen-bond donors (Lipinski definition) is 3. The predicted molar refractivity (Wildman–Crippen MR) is 58.9 cm³/mol. The Hall–Kier alpha value is -1.43. The Morgan fingerprint density at radius 2 is 1.94 bits per heavy atom. The predicted octanol–water partition coefficient (Wildman–Crippen LogP) is 1.55. The highest BCUT2D eigenvalue weighted by Gasteiger charge is 2.27. The van der Waals surface area contributed by atoms with E-state index < -0.39 is 19.1 Å². The molecule has 3 N–H and O–H groups in total. The van der Waals surface area contributed by atoms with Gasteiger partial charge in [0, 0.05) is 6.54 Å². The summed E-state index contributed by atoms with van der Waals surface area (Å²) in [6, 6.07) is 1.68. The van der Waals surface area contributed by atoms with Crippen molar-refractivity contribution in [2.45, 2.75) is 12.8 Å². The van der Waals surface area contributed by atoms with Crippen molar-refractivity contribution in [2.75, 3.05) is 30.3 Å². The Kier molecular flexibility index (Phi) is 4.42. The number of aromatic nitrogens is 1. The van der Waals surface area contributed by atoms with Crippen molar-refractivity contribution in [3.8, 4) is 0 Å². The number of aliphatic hydroxyl groups excluding tert-OH is 1. The smallest absolute Gasteiger partial charge is 0.287 e. The summed E-state index contributed by atoms with van der Waals surface area (Å²) < 4.78 is 25.5. The molecule has 0 saturated heterocycles. The van der Waals surface area contributed by atoms with E-state index in [4.69, 9.17) is 5.11 Å². The third-order valence-electron chi connectivity index (χ3n) is 1.90. The molecule has 0 spiro atoms. The van der Waals surface area contributed by atoms with Gasteiger partial charge in [0.1, 0.15) is 6.61 Å². The van der Waals surface area contributed by atoms with Crippen molar-refractivity contribution in [2.24, 2.45) is 0 Å². The van der Waals surface area contributed by atoms with E-state index >= 15 is 0 Å². The fourth-order valence-electron chi connectivity index (χ4n) is 1.12. The lowest BCUT2D eigenvalue weighted by atomic mass is 10.3. The van der Waals surface area contributed by atoms with Crippen molar-refractivity contribution in [3.05, 3.63) is 18.5 Å². The molecule has 0 atom stereocenters. The van der Waals surface area contributed by atoms with Gasteiger partial charge in [-0.15, -0.1) is 0 Å². The minimum absolute atomic E-state index is 0.492. The first-order valence-electron chi connectivity index (χ1n) is 4.99. The van der Waals surface area contributed by atoms with E-state index in [1.54, 1.807) is 12.3 Å². The second-order valence-electron chi connectivity index (χ2n) is 3.36. The van der Waals surface area contributed by atoms with Gasteiger partial charge in [0.05, 0.1) is 30.3 Å². The SMILES string of the molecule is CCNc1cncc(NCC(F)(F)CO)c1. The number of rotatable bonds is 6. The lowest BCUT2D eigenvalue weighted by molar-refractivity contribution is -0.0372. The average Bonchev–Trinajstić information content (AvgIpc) is 2.28. The van der Waals surface area contributed by atoms with Gasteiger partial charge in [-0.05, 0) is 13.0 Å². The second-order valence-corrected chi connectivity index (χ2v) is 3.36. The highest BCUT2D eigenvalue weighted by molar-refractivity contribution is 5.53. The van der Waals surface area contributed by atoms with Gasteiger partial charge >= 0.3 is 0 Å². The molecule has 1 aromatic rings. The van der Waals surface area contributed by atoms with E-state index in [-0.39, 0.29) is 0 Å². The molecule has 0 unspecified atom stereocenters. The van der Waals surface area contributed by atoms with Crippen LogP contribution in [0.3, 0.4) is 0 Å². The van der Waals surface area contributed by atoms with Crippen LogP contribution in [0.5, 0.6) is 0 Å². The Labute approximate surface area is 92.7 Å². The first kappa shape index (κ1) is 12.6. The molecule has 0 saturated carbocycles. The van der Waals surface area contributed by atoms with Crippen LogP contribution >= 0.6 is 0 Å². The Morgan fingerprint density at radius 3 is 2.50 bits per heavy atom. The molecule has 0 bridgehead atoms. The van der Waals surface area contributed by atoms with Gasteiger partial charge in [-0.2, -0.15) is 0 Å². The third kappa shape index (κ3) is 3.98. The van der Waals surface area contributed by atoms with Crippen LogP contribution < -0.4 is 10.6 Å². The molecular weight excluding hydrogens is 216 g/mol. The summed E-state index contributed by atoms with van der Waals surface area (Å²) in [5.41, 5.74) is 1.26. The number of halogens is 2. The van der Waals surface area contributed by atoms with Gasteiger partial charge in [0.15, 0.2) is 0 Å². The first-order chi connectivity index (χ1) is 7.57.